The van der Waals surface area contributed by atoms with Crippen LogP contribution in [0.1, 0.15) is 73.6 Å². The summed E-state index contributed by atoms with van der Waals surface area (Å²) in [7, 11) is 1.40. The highest BCUT2D eigenvalue weighted by molar-refractivity contribution is 6.38. The molecule has 8 bridgehead atoms. The Labute approximate surface area is 252 Å². The molecule has 0 aromatic carbocycles. The highest BCUT2D eigenvalue weighted by atomic mass is 16.5. The van der Waals surface area contributed by atoms with Crippen molar-refractivity contribution in [2.75, 3.05) is 7.11 Å². The van der Waals surface area contributed by atoms with Crippen LogP contribution in [0.15, 0.2) is 100.0 Å². The molecule has 1 N–H and O–H groups in total. The summed E-state index contributed by atoms with van der Waals surface area (Å²) >= 11 is 0. The van der Waals surface area contributed by atoms with Crippen LogP contribution in [0.3, 0.4) is 0 Å². The summed E-state index contributed by atoms with van der Waals surface area (Å²) in [4.78, 5) is 46.1. The molecule has 6 aliphatic rings. The van der Waals surface area contributed by atoms with Gasteiger partial charge in [-0.3, -0.25) is 14.6 Å². The SMILES string of the molecule is CCC1=C(C)C2=CC3=NC(=CC4=NC(=C5CC(=O)C6=C(CC)C(=CC1=N2)N=C56)C(CCC(=O)OC)C4C)C(C)=C3C(C)O. The van der Waals surface area contributed by atoms with Crippen molar-refractivity contribution in [1.82, 2.24) is 0 Å². The van der Waals surface area contributed by atoms with Crippen LogP contribution in [0.25, 0.3) is 0 Å². The van der Waals surface area contributed by atoms with E-state index in [0.29, 0.717) is 29.8 Å². The van der Waals surface area contributed by atoms with Crippen LogP contribution < -0.4 is 0 Å². The number of hydrogen-bond acceptors (Lipinski definition) is 8. The van der Waals surface area contributed by atoms with Gasteiger partial charge in [0.15, 0.2) is 5.78 Å². The lowest BCUT2D eigenvalue weighted by Gasteiger charge is -2.18. The standard InChI is InChI=1S/C35H38N4O4/c1-8-20-16(3)24-14-29-32(19(6)40)18(5)26(37-29)13-25-17(4)22(10-11-31(42)43-7)34(38-25)23-12-30(41)33-21(9-2)28(39-35(23)33)15-27(20)36-24/h13-15,17,19,22,40H,8-12H2,1-7H3. The first-order chi connectivity index (χ1) is 20.6. The van der Waals surface area contributed by atoms with Crippen molar-refractivity contribution in [2.45, 2.75) is 79.8 Å². The summed E-state index contributed by atoms with van der Waals surface area (Å²) in [6.45, 7) is 12.1. The molecule has 43 heavy (non-hydrogen) atoms. The van der Waals surface area contributed by atoms with E-state index in [1.807, 2.05) is 25.2 Å². The van der Waals surface area contributed by atoms with Crippen LogP contribution in [0, 0.1) is 11.8 Å². The number of esters is 1. The second-order valence-corrected chi connectivity index (χ2v) is 11.9. The summed E-state index contributed by atoms with van der Waals surface area (Å²) in [6.07, 6.45) is 7.76. The van der Waals surface area contributed by atoms with Gasteiger partial charge in [-0.15, -0.1) is 0 Å². The maximum absolute atomic E-state index is 13.6. The highest BCUT2D eigenvalue weighted by Gasteiger charge is 2.43. The fraction of sp³-hybridized carbons (Fsp3) is 0.429. The molecule has 0 saturated heterocycles. The molecule has 0 aromatic rings. The van der Waals surface area contributed by atoms with Crippen LogP contribution in [-0.2, 0) is 14.3 Å². The average Bonchev–Trinajstić information content (AvgIpc) is 3.73. The first-order valence-electron chi connectivity index (χ1n) is 15.2. The molecule has 3 atom stereocenters. The van der Waals surface area contributed by atoms with E-state index in [2.05, 4.69) is 27.7 Å². The van der Waals surface area contributed by atoms with E-state index >= 15 is 0 Å². The molecule has 3 unspecified atom stereocenters. The number of nitrogens with zero attached hydrogens (tertiary/aromatic N) is 4. The topological polar surface area (TPSA) is 113 Å². The third-order valence-corrected chi connectivity index (χ3v) is 9.50. The molecule has 5 heterocycles. The molecule has 0 spiro atoms. The Kier molecular flexibility index (Phi) is 7.37. The van der Waals surface area contributed by atoms with Crippen LogP contribution in [0.4, 0.5) is 0 Å². The van der Waals surface area contributed by atoms with Gasteiger partial charge in [0.25, 0.3) is 0 Å². The number of aliphatic hydroxyl groups is 1. The number of ether oxygens (including phenoxy) is 1. The van der Waals surface area contributed by atoms with Gasteiger partial charge >= 0.3 is 5.97 Å². The van der Waals surface area contributed by atoms with E-state index < -0.39 is 6.10 Å². The molecule has 8 heteroatoms. The van der Waals surface area contributed by atoms with Gasteiger partial charge in [-0.1, -0.05) is 20.8 Å². The van der Waals surface area contributed by atoms with Crippen molar-refractivity contribution < 1.29 is 19.4 Å². The van der Waals surface area contributed by atoms with Crippen molar-refractivity contribution in [3.63, 3.8) is 0 Å². The van der Waals surface area contributed by atoms with Crippen molar-refractivity contribution in [3.05, 3.63) is 80.0 Å². The maximum Gasteiger partial charge on any atom is 0.305 e. The number of aliphatic imine (C=N–C) groups is 4. The van der Waals surface area contributed by atoms with Crippen LogP contribution in [0.2, 0.25) is 0 Å². The number of ketones is 1. The molecular weight excluding hydrogens is 540 g/mol. The van der Waals surface area contributed by atoms with E-state index in [1.54, 1.807) is 6.92 Å². The molecule has 0 radical (unpaired) electrons. The number of hydrogen-bond donors (Lipinski definition) is 1. The second-order valence-electron chi connectivity index (χ2n) is 11.9. The summed E-state index contributed by atoms with van der Waals surface area (Å²) in [5.74, 6) is -0.327. The normalized spacial score (nSPS) is 25.2. The number of Topliss-reactive ketones (excluding diaryl/α,β-unsaturated/α-hetero) is 1. The first-order valence-corrected chi connectivity index (χ1v) is 15.2. The summed E-state index contributed by atoms with van der Waals surface area (Å²) in [6, 6.07) is 0. The molecular formula is C35H38N4O4. The van der Waals surface area contributed by atoms with Gasteiger partial charge < -0.3 is 9.84 Å². The van der Waals surface area contributed by atoms with E-state index in [9.17, 15) is 14.7 Å². The number of allylic oxidation sites excluding steroid dienone is 10. The van der Waals surface area contributed by atoms with Gasteiger partial charge in [-0.05, 0) is 80.6 Å². The zero-order valence-electron chi connectivity index (χ0n) is 26.0. The molecule has 222 valence electrons. The Morgan fingerprint density at radius 2 is 1.65 bits per heavy atom. The Morgan fingerprint density at radius 1 is 0.977 bits per heavy atom. The number of aliphatic hydroxyl groups excluding tert-OH is 1. The van der Waals surface area contributed by atoms with Crippen molar-refractivity contribution in [2.24, 2.45) is 31.8 Å². The lowest BCUT2D eigenvalue weighted by Crippen LogP contribution is -2.17. The van der Waals surface area contributed by atoms with E-state index in [-0.39, 0.29) is 36.4 Å². The van der Waals surface area contributed by atoms with Crippen LogP contribution >= 0.6 is 0 Å². The molecule has 5 aliphatic heterocycles. The summed E-state index contributed by atoms with van der Waals surface area (Å²) in [5.41, 5.74) is 12.6. The Balaban J connectivity index is 1.63. The Bertz CT molecular complexity index is 1730. The molecule has 1 aliphatic carbocycles. The van der Waals surface area contributed by atoms with Gasteiger partial charge in [-0.2, -0.15) is 0 Å². The zero-order chi connectivity index (χ0) is 30.7. The van der Waals surface area contributed by atoms with Crippen molar-refractivity contribution >= 4 is 34.6 Å². The Hall–Kier alpha value is -4.04. The quantitative estimate of drug-likeness (QED) is 0.388. The van der Waals surface area contributed by atoms with Gasteiger partial charge in [0.1, 0.15) is 0 Å². The third-order valence-electron chi connectivity index (χ3n) is 9.50. The third kappa shape index (κ3) is 4.63. The van der Waals surface area contributed by atoms with Crippen molar-refractivity contribution in [3.8, 4) is 0 Å². The van der Waals surface area contributed by atoms with E-state index in [0.717, 1.165) is 74.1 Å². The van der Waals surface area contributed by atoms with Gasteiger partial charge in [0.2, 0.25) is 0 Å². The molecule has 0 amide bonds. The number of carbonyl (C=O) groups is 2. The second kappa shape index (κ2) is 10.9. The molecule has 0 aromatic heterocycles. The van der Waals surface area contributed by atoms with Crippen LogP contribution in [0.5, 0.6) is 0 Å². The number of carbonyl (C=O) groups excluding carboxylic acids is 2. The van der Waals surface area contributed by atoms with Gasteiger partial charge in [0.05, 0.1) is 53.1 Å². The molecule has 1 saturated carbocycles. The predicted molar refractivity (Wildman–Crippen MR) is 169 cm³/mol. The summed E-state index contributed by atoms with van der Waals surface area (Å²) < 4.78 is 4.96. The fourth-order valence-corrected chi connectivity index (χ4v) is 7.15. The number of methoxy groups -OCH3 is 1. The van der Waals surface area contributed by atoms with Gasteiger partial charge in [0, 0.05) is 47.1 Å². The smallest absolute Gasteiger partial charge is 0.305 e. The zero-order valence-corrected chi connectivity index (χ0v) is 26.0. The van der Waals surface area contributed by atoms with Gasteiger partial charge in [-0.25, -0.2) is 15.0 Å². The Morgan fingerprint density at radius 3 is 2.33 bits per heavy atom. The minimum absolute atomic E-state index is 0.0274. The largest absolute Gasteiger partial charge is 0.469 e. The van der Waals surface area contributed by atoms with E-state index in [1.165, 1.54) is 7.11 Å². The minimum Gasteiger partial charge on any atom is -0.469 e. The highest BCUT2D eigenvalue weighted by Crippen LogP contribution is 2.45. The minimum atomic E-state index is -0.718. The molecule has 8 nitrogen and oxygen atoms in total. The predicted octanol–water partition coefficient (Wildman–Crippen LogP) is 6.03. The van der Waals surface area contributed by atoms with Crippen LogP contribution in [-0.4, -0.2) is 52.9 Å². The lowest BCUT2D eigenvalue weighted by atomic mass is 9.84. The molecule has 6 rings (SSSR count). The number of fused-ring (bicyclic) bond motifs is 4. The van der Waals surface area contributed by atoms with Crippen molar-refractivity contribution in [1.29, 1.82) is 0 Å². The first kappa shape index (κ1) is 29.1. The number of rotatable bonds is 6. The average molecular weight is 579 g/mol. The monoisotopic (exact) mass is 578 g/mol. The fourth-order valence-electron chi connectivity index (χ4n) is 7.15. The lowest BCUT2D eigenvalue weighted by molar-refractivity contribution is -0.140. The maximum atomic E-state index is 13.6. The van der Waals surface area contributed by atoms with E-state index in [4.69, 9.17) is 24.7 Å². The summed E-state index contributed by atoms with van der Waals surface area (Å²) in [5, 5.41) is 10.8. The molecule has 1 fully saturated rings.